The predicted octanol–water partition coefficient (Wildman–Crippen LogP) is 4.48. The summed E-state index contributed by atoms with van der Waals surface area (Å²) in [5, 5.41) is 21.3. The molecule has 2 aliphatic rings. The second-order valence-electron chi connectivity index (χ2n) is 12.1. The van der Waals surface area contributed by atoms with Crippen LogP contribution in [0.2, 0.25) is 0 Å². The number of ether oxygens (including phenoxy) is 2. The number of benzene rings is 3. The third-order valence-electron chi connectivity index (χ3n) is 8.84. The van der Waals surface area contributed by atoms with Crippen LogP contribution in [0.5, 0.6) is 0 Å². The zero-order valence-corrected chi connectivity index (χ0v) is 26.8. The molecule has 3 heterocycles. The summed E-state index contributed by atoms with van der Waals surface area (Å²) in [6.45, 7) is 4.53. The number of nitrogens with one attached hydrogen (secondary N) is 1. The summed E-state index contributed by atoms with van der Waals surface area (Å²) in [6.07, 6.45) is 3.20. The third kappa shape index (κ3) is 8.61. The molecule has 3 aromatic carbocycles. The van der Waals surface area contributed by atoms with Gasteiger partial charge in [0.25, 0.3) is 0 Å². The van der Waals surface area contributed by atoms with E-state index in [-0.39, 0.29) is 37.6 Å². The van der Waals surface area contributed by atoms with Gasteiger partial charge in [-0.3, -0.25) is 14.5 Å². The Morgan fingerprint density at radius 3 is 2.25 bits per heavy atom. The second-order valence-corrected chi connectivity index (χ2v) is 12.1. The van der Waals surface area contributed by atoms with E-state index in [1.54, 1.807) is 12.4 Å². The average Bonchev–Trinajstić information content (AvgIpc) is 3.14. The van der Waals surface area contributed by atoms with Crippen molar-refractivity contribution in [3.8, 4) is 11.1 Å². The van der Waals surface area contributed by atoms with Crippen LogP contribution in [0.3, 0.4) is 0 Å². The van der Waals surface area contributed by atoms with Crippen molar-refractivity contribution >= 4 is 17.8 Å². The van der Waals surface area contributed by atoms with Crippen LogP contribution in [0.4, 0.5) is 5.95 Å². The van der Waals surface area contributed by atoms with Gasteiger partial charge < -0.3 is 29.9 Å². The van der Waals surface area contributed by atoms with E-state index in [4.69, 9.17) is 14.6 Å². The predicted molar refractivity (Wildman–Crippen MR) is 180 cm³/mol. The highest BCUT2D eigenvalue weighted by Gasteiger charge is 2.34. The maximum Gasteiger partial charge on any atom is 0.303 e. The van der Waals surface area contributed by atoms with Crippen molar-refractivity contribution in [2.75, 3.05) is 37.6 Å². The number of carbonyl (C=O) groups excluding carboxylic acids is 1. The summed E-state index contributed by atoms with van der Waals surface area (Å²) in [7, 11) is 0. The molecule has 4 aromatic rings. The lowest BCUT2D eigenvalue weighted by Gasteiger charge is -2.40. The number of nitrogens with zero attached hydrogens (tertiary/aromatic N) is 4. The van der Waals surface area contributed by atoms with Gasteiger partial charge in [0.05, 0.1) is 25.2 Å². The first-order chi connectivity index (χ1) is 23.4. The van der Waals surface area contributed by atoms with Gasteiger partial charge in [0.2, 0.25) is 11.9 Å². The second kappa shape index (κ2) is 15.9. The Hall–Kier alpha value is -4.68. The quantitative estimate of drug-likeness (QED) is 0.201. The molecule has 1 aromatic heterocycles. The topological polar surface area (TPSA) is 137 Å². The smallest absolute Gasteiger partial charge is 0.303 e. The van der Waals surface area contributed by atoms with Gasteiger partial charge in [0.1, 0.15) is 0 Å². The van der Waals surface area contributed by atoms with Crippen molar-refractivity contribution in [2.24, 2.45) is 0 Å². The molecule has 250 valence electrons. The first-order valence-corrected chi connectivity index (χ1v) is 16.4. The van der Waals surface area contributed by atoms with Gasteiger partial charge in [-0.25, -0.2) is 9.97 Å². The minimum absolute atomic E-state index is 0.00721. The zero-order valence-electron chi connectivity index (χ0n) is 26.8. The number of amides is 1. The summed E-state index contributed by atoms with van der Waals surface area (Å²) in [4.78, 5) is 36.4. The fraction of sp³-hybridized carbons (Fsp3) is 0.351. The number of aliphatic carboxylic acids is 1. The van der Waals surface area contributed by atoms with E-state index in [9.17, 15) is 14.7 Å². The number of aliphatic hydroxyl groups is 1. The van der Waals surface area contributed by atoms with Gasteiger partial charge >= 0.3 is 5.97 Å². The van der Waals surface area contributed by atoms with Crippen molar-refractivity contribution in [2.45, 2.75) is 50.9 Å². The van der Waals surface area contributed by atoms with Crippen LogP contribution in [-0.4, -0.2) is 75.8 Å². The Bertz CT molecular complexity index is 1650. The summed E-state index contributed by atoms with van der Waals surface area (Å²) in [6, 6.07) is 25.7. The van der Waals surface area contributed by atoms with Crippen molar-refractivity contribution in [3.05, 3.63) is 114 Å². The third-order valence-corrected chi connectivity index (χ3v) is 8.84. The molecule has 0 aliphatic carbocycles. The monoisotopic (exact) mass is 651 g/mol. The van der Waals surface area contributed by atoms with Crippen molar-refractivity contribution in [1.82, 2.24) is 20.2 Å². The number of hydrogen-bond acceptors (Lipinski definition) is 9. The molecule has 2 saturated heterocycles. The van der Waals surface area contributed by atoms with E-state index in [0.29, 0.717) is 13.0 Å². The van der Waals surface area contributed by atoms with Gasteiger partial charge in [0, 0.05) is 70.1 Å². The molecule has 2 aliphatic heterocycles. The highest BCUT2D eigenvalue weighted by Crippen LogP contribution is 2.39. The first-order valence-electron chi connectivity index (χ1n) is 16.4. The maximum absolute atomic E-state index is 12.2. The lowest BCUT2D eigenvalue weighted by Crippen LogP contribution is -2.50. The van der Waals surface area contributed by atoms with E-state index in [0.717, 1.165) is 72.1 Å². The summed E-state index contributed by atoms with van der Waals surface area (Å²) in [5.41, 5.74) is 5.71. The Morgan fingerprint density at radius 1 is 0.833 bits per heavy atom. The Morgan fingerprint density at radius 2 is 1.54 bits per heavy atom. The fourth-order valence-corrected chi connectivity index (χ4v) is 6.18. The van der Waals surface area contributed by atoms with Gasteiger partial charge in [-0.05, 0) is 33.9 Å². The van der Waals surface area contributed by atoms with Gasteiger partial charge in [-0.2, -0.15) is 0 Å². The molecule has 0 radical (unpaired) electrons. The molecule has 0 spiro atoms. The lowest BCUT2D eigenvalue weighted by atomic mass is 9.97. The number of hydrogen-bond donors (Lipinski definition) is 3. The summed E-state index contributed by atoms with van der Waals surface area (Å²) in [5.74, 6) is -0.528. The number of carboxylic acid groups (broad SMARTS) is 1. The fourth-order valence-electron chi connectivity index (χ4n) is 6.18. The molecule has 11 nitrogen and oxygen atoms in total. The Balaban J connectivity index is 1.15. The molecule has 11 heteroatoms. The van der Waals surface area contributed by atoms with E-state index < -0.39 is 12.3 Å². The number of carboxylic acids is 1. The van der Waals surface area contributed by atoms with Crippen molar-refractivity contribution in [1.29, 1.82) is 0 Å². The van der Waals surface area contributed by atoms with E-state index in [1.165, 1.54) is 0 Å². The van der Waals surface area contributed by atoms with Crippen LogP contribution in [0.15, 0.2) is 91.3 Å². The minimum atomic E-state index is -0.994. The van der Waals surface area contributed by atoms with Crippen LogP contribution >= 0.6 is 0 Å². The maximum atomic E-state index is 12.2. The summed E-state index contributed by atoms with van der Waals surface area (Å²) >= 11 is 0. The highest BCUT2D eigenvalue weighted by atomic mass is 16.7. The Labute approximate surface area is 280 Å². The molecule has 0 bridgehead atoms. The molecular formula is C37H41N5O6. The van der Waals surface area contributed by atoms with Crippen LogP contribution < -0.4 is 10.2 Å². The molecule has 3 atom stereocenters. The van der Waals surface area contributed by atoms with E-state index >= 15 is 0 Å². The Kier molecular flexibility index (Phi) is 11.0. The molecule has 3 unspecified atom stereocenters. The largest absolute Gasteiger partial charge is 0.481 e. The normalized spacial score (nSPS) is 19.9. The van der Waals surface area contributed by atoms with Gasteiger partial charge in [0.15, 0.2) is 6.29 Å². The van der Waals surface area contributed by atoms with Gasteiger partial charge in [-0.15, -0.1) is 0 Å². The number of anilines is 1. The number of piperazine rings is 1. The van der Waals surface area contributed by atoms with Crippen LogP contribution in [0.1, 0.15) is 53.9 Å². The first kappa shape index (κ1) is 33.2. The zero-order chi connectivity index (χ0) is 33.3. The van der Waals surface area contributed by atoms with Crippen molar-refractivity contribution in [3.63, 3.8) is 0 Å². The van der Waals surface area contributed by atoms with Crippen LogP contribution in [0.25, 0.3) is 11.1 Å². The van der Waals surface area contributed by atoms with Crippen LogP contribution in [0, 0.1) is 0 Å². The van der Waals surface area contributed by atoms with Crippen LogP contribution in [-0.2, 0) is 32.2 Å². The summed E-state index contributed by atoms with van der Waals surface area (Å²) < 4.78 is 13.2. The number of aromatic nitrogens is 2. The minimum Gasteiger partial charge on any atom is -0.481 e. The lowest BCUT2D eigenvalue weighted by molar-refractivity contribution is -0.253. The standard InChI is InChI=1S/C37H41N5O6/c43-25-26-6-8-28(9-7-26)33-22-31(24-41-18-20-42(21-19-41)37-38-16-3-17-39-37)47-36(48-33)29-12-10-27(11-13-29)32-5-2-1-4-30(32)23-40-34(44)14-15-35(45)46/h1-13,16-17,31,33,36,43H,14-15,18-25H2,(H,40,44)(H,45,46). The molecule has 2 fully saturated rings. The van der Waals surface area contributed by atoms with Crippen molar-refractivity contribution < 1.29 is 29.3 Å². The number of aliphatic hydroxyl groups excluding tert-OH is 1. The molecule has 0 saturated carbocycles. The molecule has 6 rings (SSSR count). The number of carbonyl (C=O) groups is 2. The average molecular weight is 652 g/mol. The SMILES string of the molecule is O=C(O)CCC(=O)NCc1ccccc1-c1ccc(C2OC(CN3CCN(c4ncccn4)CC3)CC(c3ccc(CO)cc3)O2)cc1. The molecule has 1 amide bonds. The number of rotatable bonds is 12. The van der Waals surface area contributed by atoms with Gasteiger partial charge in [-0.1, -0.05) is 72.8 Å². The molecule has 48 heavy (non-hydrogen) atoms. The van der Waals surface area contributed by atoms with E-state index in [2.05, 4.69) is 25.1 Å². The highest BCUT2D eigenvalue weighted by molar-refractivity contribution is 5.80. The molecular weight excluding hydrogens is 610 g/mol. The van der Waals surface area contributed by atoms with E-state index in [1.807, 2.05) is 78.9 Å². The molecule has 3 N–H and O–H groups in total.